The number of aromatic nitrogens is 2. The predicted molar refractivity (Wildman–Crippen MR) is 96.1 cm³/mol. The summed E-state index contributed by atoms with van der Waals surface area (Å²) in [4.78, 5) is 16.3. The van der Waals surface area contributed by atoms with Crippen LogP contribution in [0.15, 0.2) is 73.3 Å². The smallest absolute Gasteiger partial charge is 0.251 e. The molecule has 1 amide bonds. The van der Waals surface area contributed by atoms with E-state index in [-0.39, 0.29) is 12.5 Å². The molecule has 5 nitrogen and oxygen atoms in total. The molecule has 0 aliphatic heterocycles. The maximum absolute atomic E-state index is 12.3. The second kappa shape index (κ2) is 7.32. The highest BCUT2D eigenvalue weighted by Gasteiger charge is 2.23. The summed E-state index contributed by atoms with van der Waals surface area (Å²) in [5.74, 6) is -0.203. The van der Waals surface area contributed by atoms with Gasteiger partial charge in [0.05, 0.1) is 12.9 Å². The molecule has 3 aromatic rings. The van der Waals surface area contributed by atoms with Gasteiger partial charge in [0.25, 0.3) is 5.91 Å². The molecule has 0 aliphatic rings. The molecule has 0 bridgehead atoms. The molecule has 2 N–H and O–H groups in total. The van der Waals surface area contributed by atoms with Gasteiger partial charge in [-0.3, -0.25) is 4.79 Å². The van der Waals surface area contributed by atoms with E-state index in [1.807, 2.05) is 53.2 Å². The van der Waals surface area contributed by atoms with Gasteiger partial charge in [-0.2, -0.15) is 0 Å². The van der Waals surface area contributed by atoms with E-state index in [2.05, 4.69) is 10.3 Å². The van der Waals surface area contributed by atoms with Crippen molar-refractivity contribution in [2.45, 2.75) is 19.1 Å². The molecule has 1 heterocycles. The zero-order chi connectivity index (χ0) is 17.7. The summed E-state index contributed by atoms with van der Waals surface area (Å²) in [6.45, 7) is 2.55. The number of amides is 1. The predicted octanol–water partition coefficient (Wildman–Crippen LogP) is 2.57. The number of aliphatic hydroxyl groups is 1. The molecule has 0 aliphatic carbocycles. The van der Waals surface area contributed by atoms with Gasteiger partial charge in [0.15, 0.2) is 0 Å². The van der Waals surface area contributed by atoms with E-state index in [1.54, 1.807) is 31.6 Å². The molecule has 5 heteroatoms. The van der Waals surface area contributed by atoms with Crippen molar-refractivity contribution in [2.24, 2.45) is 0 Å². The van der Waals surface area contributed by atoms with Gasteiger partial charge in [0.2, 0.25) is 0 Å². The Hall–Kier alpha value is -2.92. The van der Waals surface area contributed by atoms with Gasteiger partial charge in [-0.15, -0.1) is 0 Å². The minimum absolute atomic E-state index is 0.145. The minimum atomic E-state index is -1.11. The number of hydrogen-bond acceptors (Lipinski definition) is 3. The second-order valence-electron chi connectivity index (χ2n) is 6.25. The van der Waals surface area contributed by atoms with E-state index in [4.69, 9.17) is 0 Å². The monoisotopic (exact) mass is 335 g/mol. The third-order valence-electron chi connectivity index (χ3n) is 4.13. The lowest BCUT2D eigenvalue weighted by Gasteiger charge is -2.24. The van der Waals surface area contributed by atoms with E-state index in [1.165, 1.54) is 0 Å². The molecular formula is C20H21N3O2. The topological polar surface area (TPSA) is 67.2 Å². The average Bonchev–Trinajstić information content (AvgIpc) is 3.14. The Morgan fingerprint density at radius 3 is 2.52 bits per heavy atom. The summed E-state index contributed by atoms with van der Waals surface area (Å²) in [5.41, 5.74) is 1.31. The summed E-state index contributed by atoms with van der Waals surface area (Å²) in [6, 6.07) is 16.7. The third-order valence-corrected chi connectivity index (χ3v) is 4.13. The number of nitrogens with one attached hydrogen (secondary N) is 1. The Morgan fingerprint density at radius 2 is 1.88 bits per heavy atom. The zero-order valence-electron chi connectivity index (χ0n) is 14.1. The van der Waals surface area contributed by atoms with Crippen molar-refractivity contribution >= 4 is 5.91 Å². The molecule has 1 unspecified atom stereocenters. The van der Waals surface area contributed by atoms with Crippen LogP contribution in [-0.4, -0.2) is 27.1 Å². The standard InChI is InChI=1S/C20H21N3O2/c1-20(25,18-5-3-2-4-6-18)14-22-19(24)17-9-7-16(8-10-17)13-23-12-11-21-15-23/h2-12,15,25H,13-14H2,1H3,(H,22,24). The summed E-state index contributed by atoms with van der Waals surface area (Å²) >= 11 is 0. The van der Waals surface area contributed by atoms with Gasteiger partial charge < -0.3 is 15.0 Å². The molecule has 128 valence electrons. The lowest BCUT2D eigenvalue weighted by Crippen LogP contribution is -2.38. The zero-order valence-corrected chi connectivity index (χ0v) is 14.1. The molecule has 1 aromatic heterocycles. The van der Waals surface area contributed by atoms with Crippen LogP contribution in [-0.2, 0) is 12.1 Å². The molecule has 1 atom stereocenters. The Bertz CT molecular complexity index is 810. The highest BCUT2D eigenvalue weighted by atomic mass is 16.3. The van der Waals surface area contributed by atoms with Crippen molar-refractivity contribution in [3.8, 4) is 0 Å². The summed E-state index contributed by atoms with van der Waals surface area (Å²) in [6.07, 6.45) is 5.39. The summed E-state index contributed by atoms with van der Waals surface area (Å²) in [7, 11) is 0. The fourth-order valence-corrected chi connectivity index (χ4v) is 2.61. The van der Waals surface area contributed by atoms with Crippen molar-refractivity contribution in [2.75, 3.05) is 6.54 Å². The molecule has 0 radical (unpaired) electrons. The van der Waals surface area contributed by atoms with Crippen LogP contribution in [0.25, 0.3) is 0 Å². The molecule has 25 heavy (non-hydrogen) atoms. The number of rotatable bonds is 6. The van der Waals surface area contributed by atoms with Crippen LogP contribution in [0, 0.1) is 0 Å². The van der Waals surface area contributed by atoms with Gasteiger partial charge in [0, 0.05) is 24.5 Å². The van der Waals surface area contributed by atoms with Crippen LogP contribution in [0.2, 0.25) is 0 Å². The van der Waals surface area contributed by atoms with Gasteiger partial charge >= 0.3 is 0 Å². The van der Waals surface area contributed by atoms with Gasteiger partial charge in [-0.1, -0.05) is 42.5 Å². The first-order valence-corrected chi connectivity index (χ1v) is 8.15. The van der Waals surface area contributed by atoms with Crippen LogP contribution >= 0.6 is 0 Å². The Balaban J connectivity index is 1.59. The first-order valence-electron chi connectivity index (χ1n) is 8.15. The number of hydrogen-bond donors (Lipinski definition) is 2. The van der Waals surface area contributed by atoms with Crippen LogP contribution in [0.4, 0.5) is 0 Å². The Kier molecular flexibility index (Phi) is 4.95. The van der Waals surface area contributed by atoms with E-state index < -0.39 is 5.60 Å². The van der Waals surface area contributed by atoms with Crippen LogP contribution in [0.3, 0.4) is 0 Å². The highest BCUT2D eigenvalue weighted by molar-refractivity contribution is 5.94. The number of carbonyl (C=O) groups excluding carboxylic acids is 1. The molecule has 3 rings (SSSR count). The van der Waals surface area contributed by atoms with E-state index in [0.29, 0.717) is 12.1 Å². The van der Waals surface area contributed by atoms with Crippen LogP contribution in [0.5, 0.6) is 0 Å². The molecule has 0 spiro atoms. The maximum Gasteiger partial charge on any atom is 0.251 e. The molecule has 0 saturated heterocycles. The number of nitrogens with zero attached hydrogens (tertiary/aromatic N) is 2. The van der Waals surface area contributed by atoms with Crippen LogP contribution < -0.4 is 5.32 Å². The first-order chi connectivity index (χ1) is 12.0. The fraction of sp³-hybridized carbons (Fsp3) is 0.200. The maximum atomic E-state index is 12.3. The Morgan fingerprint density at radius 1 is 1.16 bits per heavy atom. The van der Waals surface area contributed by atoms with Crippen molar-refractivity contribution in [1.82, 2.24) is 14.9 Å². The Labute approximate surface area is 147 Å². The SMILES string of the molecule is CC(O)(CNC(=O)c1ccc(Cn2ccnc2)cc1)c1ccccc1. The number of carbonyl (C=O) groups is 1. The normalized spacial score (nSPS) is 13.2. The molecular weight excluding hydrogens is 314 g/mol. The average molecular weight is 335 g/mol. The van der Waals surface area contributed by atoms with E-state index in [0.717, 1.165) is 11.1 Å². The number of imidazole rings is 1. The summed E-state index contributed by atoms with van der Waals surface area (Å²) < 4.78 is 1.96. The quantitative estimate of drug-likeness (QED) is 0.727. The van der Waals surface area contributed by atoms with Gasteiger partial charge in [0.1, 0.15) is 5.60 Å². The van der Waals surface area contributed by atoms with Crippen molar-refractivity contribution < 1.29 is 9.90 Å². The van der Waals surface area contributed by atoms with Gasteiger partial charge in [-0.25, -0.2) is 4.98 Å². The largest absolute Gasteiger partial charge is 0.384 e. The molecule has 0 fully saturated rings. The van der Waals surface area contributed by atoms with Crippen molar-refractivity contribution in [1.29, 1.82) is 0 Å². The van der Waals surface area contributed by atoms with Crippen molar-refractivity contribution in [3.05, 3.63) is 90.0 Å². The minimum Gasteiger partial charge on any atom is -0.384 e. The molecule has 2 aromatic carbocycles. The van der Waals surface area contributed by atoms with Crippen LogP contribution in [0.1, 0.15) is 28.4 Å². The van der Waals surface area contributed by atoms with Gasteiger partial charge in [-0.05, 0) is 30.2 Å². The lowest BCUT2D eigenvalue weighted by molar-refractivity contribution is 0.0526. The fourth-order valence-electron chi connectivity index (χ4n) is 2.61. The number of benzene rings is 2. The van der Waals surface area contributed by atoms with E-state index >= 15 is 0 Å². The lowest BCUT2D eigenvalue weighted by atomic mass is 9.96. The third kappa shape index (κ3) is 4.33. The molecule has 0 saturated carbocycles. The van der Waals surface area contributed by atoms with Crippen molar-refractivity contribution in [3.63, 3.8) is 0 Å². The van der Waals surface area contributed by atoms with E-state index in [9.17, 15) is 9.90 Å². The summed E-state index contributed by atoms with van der Waals surface area (Å²) in [5, 5.41) is 13.3. The first kappa shape index (κ1) is 16.9. The second-order valence-corrected chi connectivity index (χ2v) is 6.25. The highest BCUT2D eigenvalue weighted by Crippen LogP contribution is 2.19.